The SMILES string of the molecule is COc1ccc(C(=N)CC#N)cc1OC. The lowest BCUT2D eigenvalue weighted by Gasteiger charge is -2.08. The summed E-state index contributed by atoms with van der Waals surface area (Å²) in [6.07, 6.45) is 0.0927. The lowest BCUT2D eigenvalue weighted by molar-refractivity contribution is 0.355. The highest BCUT2D eigenvalue weighted by molar-refractivity contribution is 5.99. The van der Waals surface area contributed by atoms with Crippen molar-refractivity contribution in [3.63, 3.8) is 0 Å². The molecule has 0 saturated carbocycles. The third kappa shape index (κ3) is 2.47. The van der Waals surface area contributed by atoms with Crippen LogP contribution in [0.4, 0.5) is 0 Å². The Bertz CT molecular complexity index is 408. The minimum absolute atomic E-state index is 0.0927. The molecule has 0 bridgehead atoms. The first-order valence-electron chi connectivity index (χ1n) is 4.39. The Morgan fingerprint density at radius 2 is 2.00 bits per heavy atom. The summed E-state index contributed by atoms with van der Waals surface area (Å²) in [5.74, 6) is 1.18. The Kier molecular flexibility index (Phi) is 3.69. The molecule has 0 aliphatic heterocycles. The largest absolute Gasteiger partial charge is 0.493 e. The van der Waals surface area contributed by atoms with Crippen LogP contribution in [0.5, 0.6) is 11.5 Å². The third-order valence-electron chi connectivity index (χ3n) is 1.99. The fourth-order valence-corrected chi connectivity index (χ4v) is 1.21. The first-order valence-corrected chi connectivity index (χ1v) is 4.39. The van der Waals surface area contributed by atoms with Crippen LogP contribution in [0.2, 0.25) is 0 Å². The van der Waals surface area contributed by atoms with Crippen molar-refractivity contribution in [3.05, 3.63) is 23.8 Å². The minimum Gasteiger partial charge on any atom is -0.493 e. The van der Waals surface area contributed by atoms with Crippen molar-refractivity contribution in [2.24, 2.45) is 0 Å². The standard InChI is InChI=1S/C11H12N2O2/c1-14-10-4-3-8(7-11(10)15-2)9(13)5-6-12/h3-4,7,13H,5H2,1-2H3. The van der Waals surface area contributed by atoms with Gasteiger partial charge in [0.1, 0.15) is 0 Å². The number of hydrogen-bond donors (Lipinski definition) is 1. The van der Waals surface area contributed by atoms with Gasteiger partial charge in [-0.2, -0.15) is 5.26 Å². The lowest BCUT2D eigenvalue weighted by atomic mass is 10.1. The summed E-state index contributed by atoms with van der Waals surface area (Å²) in [6, 6.07) is 7.09. The minimum atomic E-state index is 0.0927. The van der Waals surface area contributed by atoms with Gasteiger partial charge in [0.25, 0.3) is 0 Å². The van der Waals surface area contributed by atoms with E-state index < -0.39 is 0 Å². The summed E-state index contributed by atoms with van der Waals surface area (Å²) in [5, 5.41) is 16.1. The van der Waals surface area contributed by atoms with Crippen LogP contribution in [0.1, 0.15) is 12.0 Å². The molecule has 0 spiro atoms. The molecule has 1 rings (SSSR count). The monoisotopic (exact) mass is 204 g/mol. The quantitative estimate of drug-likeness (QED) is 0.762. The summed E-state index contributed by atoms with van der Waals surface area (Å²) >= 11 is 0. The van der Waals surface area contributed by atoms with E-state index >= 15 is 0 Å². The van der Waals surface area contributed by atoms with E-state index in [1.54, 1.807) is 25.3 Å². The van der Waals surface area contributed by atoms with Crippen LogP contribution in [0.15, 0.2) is 18.2 Å². The molecule has 4 nitrogen and oxygen atoms in total. The van der Waals surface area contributed by atoms with Gasteiger partial charge in [-0.15, -0.1) is 0 Å². The zero-order valence-electron chi connectivity index (χ0n) is 8.70. The normalized spacial score (nSPS) is 9.13. The second kappa shape index (κ2) is 5.01. The maximum atomic E-state index is 8.48. The highest BCUT2D eigenvalue weighted by Crippen LogP contribution is 2.27. The van der Waals surface area contributed by atoms with Gasteiger partial charge in [0.15, 0.2) is 11.5 Å². The van der Waals surface area contributed by atoms with E-state index in [0.717, 1.165) is 0 Å². The first-order chi connectivity index (χ1) is 7.22. The molecular formula is C11H12N2O2. The van der Waals surface area contributed by atoms with Gasteiger partial charge in [-0.3, -0.25) is 0 Å². The number of rotatable bonds is 4. The Balaban J connectivity index is 3.03. The molecule has 0 unspecified atom stereocenters. The van der Waals surface area contributed by atoms with Gasteiger partial charge >= 0.3 is 0 Å². The molecule has 1 N–H and O–H groups in total. The van der Waals surface area contributed by atoms with Crippen LogP contribution in [0, 0.1) is 16.7 Å². The van der Waals surface area contributed by atoms with Crippen molar-refractivity contribution >= 4 is 5.71 Å². The summed E-state index contributed by atoms with van der Waals surface area (Å²) in [5.41, 5.74) is 0.952. The number of ether oxygens (including phenoxy) is 2. The van der Waals surface area contributed by atoms with Gasteiger partial charge in [0.05, 0.1) is 32.4 Å². The maximum absolute atomic E-state index is 8.48. The van der Waals surface area contributed by atoms with Crippen molar-refractivity contribution in [2.45, 2.75) is 6.42 Å². The van der Waals surface area contributed by atoms with Crippen molar-refractivity contribution in [3.8, 4) is 17.6 Å². The second-order valence-corrected chi connectivity index (χ2v) is 2.88. The number of nitrogens with one attached hydrogen (secondary N) is 1. The second-order valence-electron chi connectivity index (χ2n) is 2.88. The fourth-order valence-electron chi connectivity index (χ4n) is 1.21. The Morgan fingerprint density at radius 3 is 2.53 bits per heavy atom. The molecule has 0 atom stereocenters. The van der Waals surface area contributed by atoms with E-state index in [-0.39, 0.29) is 12.1 Å². The van der Waals surface area contributed by atoms with E-state index in [1.165, 1.54) is 7.11 Å². The molecular weight excluding hydrogens is 192 g/mol. The lowest BCUT2D eigenvalue weighted by Crippen LogP contribution is -1.99. The zero-order chi connectivity index (χ0) is 11.3. The van der Waals surface area contributed by atoms with Crippen molar-refractivity contribution < 1.29 is 9.47 Å². The number of methoxy groups -OCH3 is 2. The van der Waals surface area contributed by atoms with Crippen LogP contribution in [-0.2, 0) is 0 Å². The van der Waals surface area contributed by atoms with E-state index in [1.807, 2.05) is 6.07 Å². The van der Waals surface area contributed by atoms with Crippen LogP contribution in [-0.4, -0.2) is 19.9 Å². The van der Waals surface area contributed by atoms with Gasteiger partial charge < -0.3 is 14.9 Å². The van der Waals surface area contributed by atoms with Crippen LogP contribution >= 0.6 is 0 Å². The van der Waals surface area contributed by atoms with Gasteiger partial charge in [-0.05, 0) is 18.2 Å². The molecule has 0 radical (unpaired) electrons. The first kappa shape index (κ1) is 11.1. The zero-order valence-corrected chi connectivity index (χ0v) is 8.70. The number of nitriles is 1. The van der Waals surface area contributed by atoms with Crippen molar-refractivity contribution in [1.29, 1.82) is 10.7 Å². The maximum Gasteiger partial charge on any atom is 0.161 e. The molecule has 4 heteroatoms. The Morgan fingerprint density at radius 1 is 1.33 bits per heavy atom. The molecule has 0 aliphatic rings. The smallest absolute Gasteiger partial charge is 0.161 e. The van der Waals surface area contributed by atoms with E-state index in [2.05, 4.69) is 0 Å². The predicted molar refractivity (Wildman–Crippen MR) is 56.6 cm³/mol. The molecule has 1 aromatic carbocycles. The number of benzene rings is 1. The van der Waals surface area contributed by atoms with Gasteiger partial charge in [0, 0.05) is 5.56 Å². The molecule has 0 saturated heterocycles. The molecule has 15 heavy (non-hydrogen) atoms. The summed E-state index contributed by atoms with van der Waals surface area (Å²) in [4.78, 5) is 0. The summed E-state index contributed by atoms with van der Waals surface area (Å²) in [7, 11) is 3.09. The van der Waals surface area contributed by atoms with E-state index in [9.17, 15) is 0 Å². The fraction of sp³-hybridized carbons (Fsp3) is 0.273. The highest BCUT2D eigenvalue weighted by Gasteiger charge is 2.07. The van der Waals surface area contributed by atoms with E-state index in [0.29, 0.717) is 17.1 Å². The van der Waals surface area contributed by atoms with Crippen molar-refractivity contribution in [1.82, 2.24) is 0 Å². The van der Waals surface area contributed by atoms with Gasteiger partial charge in [-0.25, -0.2) is 0 Å². The Labute approximate surface area is 88.6 Å². The van der Waals surface area contributed by atoms with Gasteiger partial charge in [-0.1, -0.05) is 0 Å². The molecule has 0 aromatic heterocycles. The summed E-state index contributed by atoms with van der Waals surface area (Å²) in [6.45, 7) is 0. The molecule has 0 heterocycles. The topological polar surface area (TPSA) is 66.1 Å². The van der Waals surface area contributed by atoms with Gasteiger partial charge in [0.2, 0.25) is 0 Å². The average Bonchev–Trinajstić information content (AvgIpc) is 2.28. The number of hydrogen-bond acceptors (Lipinski definition) is 4. The highest BCUT2D eigenvalue weighted by atomic mass is 16.5. The molecule has 0 aliphatic carbocycles. The van der Waals surface area contributed by atoms with Crippen molar-refractivity contribution in [2.75, 3.05) is 14.2 Å². The van der Waals surface area contributed by atoms with Crippen LogP contribution < -0.4 is 9.47 Å². The molecule has 0 fully saturated rings. The number of nitrogens with zero attached hydrogens (tertiary/aromatic N) is 1. The molecule has 0 amide bonds. The molecule has 78 valence electrons. The van der Waals surface area contributed by atoms with Crippen LogP contribution in [0.3, 0.4) is 0 Å². The van der Waals surface area contributed by atoms with Crippen LogP contribution in [0.25, 0.3) is 0 Å². The predicted octanol–water partition coefficient (Wildman–Crippen LogP) is 1.99. The van der Waals surface area contributed by atoms with E-state index in [4.69, 9.17) is 20.1 Å². The Hall–Kier alpha value is -2.02. The molecule has 1 aromatic rings. The summed E-state index contributed by atoms with van der Waals surface area (Å²) < 4.78 is 10.2. The third-order valence-corrected chi connectivity index (χ3v) is 1.99. The average molecular weight is 204 g/mol.